The molecule has 0 aliphatic heterocycles. The topological polar surface area (TPSA) is 9.23 Å². The highest BCUT2D eigenvalue weighted by Gasteiger charge is 2.36. The van der Waals surface area contributed by atoms with Crippen LogP contribution in [-0.2, 0) is 4.43 Å². The van der Waals surface area contributed by atoms with Crippen molar-refractivity contribution in [2.45, 2.75) is 58.7 Å². The summed E-state index contributed by atoms with van der Waals surface area (Å²) in [5.41, 5.74) is 1.26. The lowest BCUT2D eigenvalue weighted by Gasteiger charge is -2.36. The number of hydrogen-bond acceptors (Lipinski definition) is 1. The van der Waals surface area contributed by atoms with Crippen LogP contribution in [0.4, 0.5) is 0 Å². The average molecular weight is 263 g/mol. The van der Waals surface area contributed by atoms with Crippen molar-refractivity contribution in [2.75, 3.05) is 12.5 Å². The van der Waals surface area contributed by atoms with E-state index in [-0.39, 0.29) is 0 Å². The quantitative estimate of drug-likeness (QED) is 0.284. The number of hydrogen-bond donors (Lipinski definition) is 0. The van der Waals surface area contributed by atoms with Crippen molar-refractivity contribution in [1.29, 1.82) is 0 Å². The molecule has 0 N–H and O–H groups in total. The van der Waals surface area contributed by atoms with E-state index in [1.807, 2.05) is 0 Å². The van der Waals surface area contributed by atoms with Gasteiger partial charge in [0, 0.05) is 12.5 Å². The lowest BCUT2D eigenvalue weighted by atomic mass is 10.2. The van der Waals surface area contributed by atoms with Gasteiger partial charge in [-0.2, -0.15) is 0 Å². The molecule has 0 fully saturated rings. The zero-order valence-corrected chi connectivity index (χ0v) is 13.4. The molecule has 16 heavy (non-hydrogen) atoms. The van der Waals surface area contributed by atoms with E-state index in [9.17, 15) is 0 Å². The van der Waals surface area contributed by atoms with Crippen LogP contribution < -0.4 is 0 Å². The van der Waals surface area contributed by atoms with Crippen LogP contribution in [0.1, 0.15) is 40.5 Å². The third-order valence-electron chi connectivity index (χ3n) is 3.32. The Balaban J connectivity index is 3.83. The first kappa shape index (κ1) is 16.2. The summed E-state index contributed by atoms with van der Waals surface area (Å²) >= 11 is 5.70. The largest absolute Gasteiger partial charge is 0.417 e. The minimum absolute atomic E-state index is 0.314. The first-order chi connectivity index (χ1) is 7.20. The van der Waals surface area contributed by atoms with Gasteiger partial charge in [-0.1, -0.05) is 32.4 Å². The summed E-state index contributed by atoms with van der Waals surface area (Å²) in [7, 11) is -1.54. The van der Waals surface area contributed by atoms with E-state index in [0.29, 0.717) is 10.9 Å². The van der Waals surface area contributed by atoms with E-state index in [2.05, 4.69) is 46.9 Å². The average Bonchev–Trinajstić information content (AvgIpc) is 2.15. The monoisotopic (exact) mass is 262 g/mol. The maximum Gasteiger partial charge on any atom is 0.191 e. The van der Waals surface area contributed by atoms with Gasteiger partial charge in [0.15, 0.2) is 8.32 Å². The first-order valence-electron chi connectivity index (χ1n) is 6.06. The van der Waals surface area contributed by atoms with Gasteiger partial charge in [0.2, 0.25) is 0 Å². The van der Waals surface area contributed by atoms with Gasteiger partial charge in [0.1, 0.15) is 0 Å². The second kappa shape index (κ2) is 6.82. The minimum Gasteiger partial charge on any atom is -0.417 e. The van der Waals surface area contributed by atoms with Crippen LogP contribution in [0.2, 0.25) is 18.1 Å². The van der Waals surface area contributed by atoms with Crippen molar-refractivity contribution in [3.63, 3.8) is 0 Å². The van der Waals surface area contributed by atoms with Crippen molar-refractivity contribution in [3.05, 3.63) is 11.6 Å². The summed E-state index contributed by atoms with van der Waals surface area (Å²) in [5, 5.41) is 0.314. The van der Waals surface area contributed by atoms with E-state index >= 15 is 0 Å². The number of halogens is 1. The molecule has 0 aliphatic rings. The molecule has 0 aliphatic carbocycles. The summed E-state index contributed by atoms with van der Waals surface area (Å²) in [6.07, 6.45) is 4.38. The molecule has 0 spiro atoms. The van der Waals surface area contributed by atoms with Crippen LogP contribution >= 0.6 is 11.6 Å². The van der Waals surface area contributed by atoms with Crippen molar-refractivity contribution in [3.8, 4) is 0 Å². The van der Waals surface area contributed by atoms with Crippen molar-refractivity contribution in [1.82, 2.24) is 0 Å². The molecule has 96 valence electrons. The van der Waals surface area contributed by atoms with Crippen LogP contribution in [0.15, 0.2) is 11.6 Å². The standard InChI is InChI=1S/C13H27ClOSi/c1-12(11-14)9-7-8-10-15-16(5,6)13(2,3)4/h9H,7-8,10-11H2,1-6H3. The molecule has 1 nitrogen and oxygen atoms in total. The van der Waals surface area contributed by atoms with Gasteiger partial charge in [-0.25, -0.2) is 0 Å². The van der Waals surface area contributed by atoms with Crippen LogP contribution in [0.25, 0.3) is 0 Å². The molecule has 0 aromatic carbocycles. The lowest BCUT2D eigenvalue weighted by molar-refractivity contribution is 0.283. The smallest absolute Gasteiger partial charge is 0.191 e. The second-order valence-electron chi connectivity index (χ2n) is 5.94. The van der Waals surface area contributed by atoms with E-state index < -0.39 is 8.32 Å². The molecule has 0 bridgehead atoms. The molecule has 3 heteroatoms. The number of alkyl halides is 1. The van der Waals surface area contributed by atoms with Gasteiger partial charge >= 0.3 is 0 Å². The normalized spacial score (nSPS) is 14.3. The van der Waals surface area contributed by atoms with Gasteiger partial charge < -0.3 is 4.43 Å². The Morgan fingerprint density at radius 3 is 2.31 bits per heavy atom. The number of allylic oxidation sites excluding steroid dienone is 2. The fourth-order valence-electron chi connectivity index (χ4n) is 1.03. The molecule has 0 heterocycles. The molecule has 0 aromatic rings. The number of rotatable bonds is 6. The van der Waals surface area contributed by atoms with E-state index in [1.54, 1.807) is 0 Å². The van der Waals surface area contributed by atoms with Crippen molar-refractivity contribution in [2.24, 2.45) is 0 Å². The maximum absolute atomic E-state index is 6.09. The van der Waals surface area contributed by atoms with Gasteiger partial charge in [-0.3, -0.25) is 0 Å². The zero-order valence-electron chi connectivity index (χ0n) is 11.7. The Hall–Kier alpha value is 0.207. The summed E-state index contributed by atoms with van der Waals surface area (Å²) in [4.78, 5) is 0. The Kier molecular flexibility index (Phi) is 6.91. The SMILES string of the molecule is CC(=CCCCO[Si](C)(C)C(C)(C)C)CCl. The Morgan fingerprint density at radius 2 is 1.88 bits per heavy atom. The summed E-state index contributed by atoms with van der Waals surface area (Å²) in [6.45, 7) is 14.4. The van der Waals surface area contributed by atoms with Crippen LogP contribution in [0, 0.1) is 0 Å². The Labute approximate surface area is 107 Å². The molecule has 0 atom stereocenters. The molecular formula is C13H27ClOSi. The molecule has 0 aromatic heterocycles. The van der Waals surface area contributed by atoms with Gasteiger partial charge in [0.25, 0.3) is 0 Å². The molecular weight excluding hydrogens is 236 g/mol. The predicted molar refractivity (Wildman–Crippen MR) is 76.9 cm³/mol. The van der Waals surface area contributed by atoms with Crippen molar-refractivity contribution >= 4 is 19.9 Å². The lowest BCUT2D eigenvalue weighted by Crippen LogP contribution is -2.40. The predicted octanol–water partition coefficient (Wildman–Crippen LogP) is 4.97. The first-order valence-corrected chi connectivity index (χ1v) is 9.50. The molecule has 0 unspecified atom stereocenters. The van der Waals surface area contributed by atoms with Crippen LogP contribution in [0.5, 0.6) is 0 Å². The highest BCUT2D eigenvalue weighted by Crippen LogP contribution is 2.36. The minimum atomic E-state index is -1.54. The van der Waals surface area contributed by atoms with E-state index in [1.165, 1.54) is 5.57 Å². The fraction of sp³-hybridized carbons (Fsp3) is 0.846. The van der Waals surface area contributed by atoms with Gasteiger partial charge in [0.05, 0.1) is 0 Å². The fourth-order valence-corrected chi connectivity index (χ4v) is 2.23. The highest BCUT2D eigenvalue weighted by molar-refractivity contribution is 6.74. The number of unbranched alkanes of at least 4 members (excludes halogenated alkanes) is 1. The van der Waals surface area contributed by atoms with E-state index in [0.717, 1.165) is 19.4 Å². The van der Waals surface area contributed by atoms with Gasteiger partial charge in [-0.15, -0.1) is 11.6 Å². The molecule has 0 amide bonds. The third kappa shape index (κ3) is 6.07. The van der Waals surface area contributed by atoms with Gasteiger partial charge in [-0.05, 0) is 37.9 Å². The second-order valence-corrected chi connectivity index (χ2v) is 11.0. The van der Waals surface area contributed by atoms with E-state index in [4.69, 9.17) is 16.0 Å². The van der Waals surface area contributed by atoms with Crippen LogP contribution in [0.3, 0.4) is 0 Å². The molecule has 0 rings (SSSR count). The zero-order chi connectivity index (χ0) is 12.8. The third-order valence-corrected chi connectivity index (χ3v) is 8.28. The molecule has 0 saturated heterocycles. The molecule has 0 radical (unpaired) electrons. The Bertz CT molecular complexity index is 229. The summed E-state index contributed by atoms with van der Waals surface area (Å²) < 4.78 is 6.09. The summed E-state index contributed by atoms with van der Waals surface area (Å²) in [6, 6.07) is 0. The van der Waals surface area contributed by atoms with Crippen LogP contribution in [-0.4, -0.2) is 20.8 Å². The maximum atomic E-state index is 6.09. The highest BCUT2D eigenvalue weighted by atomic mass is 35.5. The Morgan fingerprint density at radius 1 is 1.31 bits per heavy atom. The molecule has 0 saturated carbocycles. The summed E-state index contributed by atoms with van der Waals surface area (Å²) in [5.74, 6) is 0.642. The van der Waals surface area contributed by atoms with Crippen molar-refractivity contribution < 1.29 is 4.43 Å².